The van der Waals surface area contributed by atoms with Gasteiger partial charge in [-0.15, -0.1) is 0 Å². The first-order valence-electron chi connectivity index (χ1n) is 6.36. The van der Waals surface area contributed by atoms with E-state index in [1.54, 1.807) is 18.2 Å². The number of rotatable bonds is 3. The van der Waals surface area contributed by atoms with Crippen LogP contribution in [-0.4, -0.2) is 11.6 Å². The van der Waals surface area contributed by atoms with Gasteiger partial charge in [0.2, 0.25) is 5.78 Å². The van der Waals surface area contributed by atoms with Gasteiger partial charge < -0.3 is 4.42 Å². The Kier molecular flexibility index (Phi) is 3.25. The molecule has 0 fully saturated rings. The second kappa shape index (κ2) is 4.88. The summed E-state index contributed by atoms with van der Waals surface area (Å²) in [4.78, 5) is 22.3. The lowest BCUT2D eigenvalue weighted by molar-refractivity contribution is -0.152. The maximum atomic E-state index is 14.0. The SMILES string of the molecule is CC(=O)C(=O)C(F)(F)c1ccc2c(c1)oc1cc(Cl)ccc12. The Balaban J connectivity index is 2.20. The van der Waals surface area contributed by atoms with Crippen LogP contribution in [0.2, 0.25) is 5.02 Å². The van der Waals surface area contributed by atoms with Gasteiger partial charge in [-0.05, 0) is 24.3 Å². The zero-order valence-electron chi connectivity index (χ0n) is 11.3. The van der Waals surface area contributed by atoms with Gasteiger partial charge >= 0.3 is 5.92 Å². The van der Waals surface area contributed by atoms with Gasteiger partial charge in [0.1, 0.15) is 11.2 Å². The minimum Gasteiger partial charge on any atom is -0.456 e. The van der Waals surface area contributed by atoms with E-state index in [0.717, 1.165) is 24.4 Å². The summed E-state index contributed by atoms with van der Waals surface area (Å²) in [6.45, 7) is 0.817. The van der Waals surface area contributed by atoms with Crippen molar-refractivity contribution in [2.45, 2.75) is 12.8 Å². The van der Waals surface area contributed by atoms with Crippen molar-refractivity contribution in [2.75, 3.05) is 0 Å². The number of fused-ring (bicyclic) bond motifs is 3. The van der Waals surface area contributed by atoms with Crippen LogP contribution in [0.1, 0.15) is 12.5 Å². The van der Waals surface area contributed by atoms with Crippen molar-refractivity contribution in [1.29, 1.82) is 0 Å². The summed E-state index contributed by atoms with van der Waals surface area (Å²) in [6, 6.07) is 8.60. The molecule has 0 unspecified atom stereocenters. The van der Waals surface area contributed by atoms with Gasteiger partial charge in [-0.2, -0.15) is 8.78 Å². The minimum atomic E-state index is -3.88. The van der Waals surface area contributed by atoms with E-state index in [1.165, 1.54) is 6.07 Å². The number of furan rings is 1. The van der Waals surface area contributed by atoms with Gasteiger partial charge in [0.15, 0.2) is 0 Å². The molecule has 1 heterocycles. The van der Waals surface area contributed by atoms with Crippen LogP contribution in [0.4, 0.5) is 8.78 Å². The molecule has 0 aliphatic rings. The predicted molar refractivity (Wildman–Crippen MR) is 78.3 cm³/mol. The summed E-state index contributed by atoms with van der Waals surface area (Å²) in [7, 11) is 0. The third-order valence-electron chi connectivity index (χ3n) is 3.40. The zero-order chi connectivity index (χ0) is 16.1. The van der Waals surface area contributed by atoms with E-state index in [9.17, 15) is 18.4 Å². The van der Waals surface area contributed by atoms with Gasteiger partial charge in [0.25, 0.3) is 5.78 Å². The molecule has 0 saturated heterocycles. The van der Waals surface area contributed by atoms with Crippen molar-refractivity contribution in [1.82, 2.24) is 0 Å². The minimum absolute atomic E-state index is 0.200. The van der Waals surface area contributed by atoms with Crippen molar-refractivity contribution in [2.24, 2.45) is 0 Å². The van der Waals surface area contributed by atoms with Crippen molar-refractivity contribution in [3.8, 4) is 0 Å². The van der Waals surface area contributed by atoms with Crippen molar-refractivity contribution in [3.05, 3.63) is 47.0 Å². The van der Waals surface area contributed by atoms with E-state index in [1.807, 2.05) is 0 Å². The molecule has 1 aromatic heterocycles. The largest absolute Gasteiger partial charge is 0.456 e. The van der Waals surface area contributed by atoms with Crippen molar-refractivity contribution < 1.29 is 22.8 Å². The van der Waals surface area contributed by atoms with Crippen LogP contribution in [0.5, 0.6) is 0 Å². The molecular formula is C16H9ClF2O3. The molecular weight excluding hydrogens is 314 g/mol. The van der Waals surface area contributed by atoms with Gasteiger partial charge in [-0.25, -0.2) is 0 Å². The molecule has 0 spiro atoms. The number of benzene rings is 2. The Morgan fingerprint density at radius 1 is 1.05 bits per heavy atom. The van der Waals surface area contributed by atoms with Crippen LogP contribution in [0.25, 0.3) is 21.9 Å². The average Bonchev–Trinajstić information content (AvgIpc) is 2.82. The lowest BCUT2D eigenvalue weighted by Gasteiger charge is -2.13. The molecule has 2 aromatic carbocycles. The highest BCUT2D eigenvalue weighted by atomic mass is 35.5. The molecule has 0 aliphatic carbocycles. The van der Waals surface area contributed by atoms with Crippen LogP contribution in [0.15, 0.2) is 40.8 Å². The molecule has 0 saturated carbocycles. The molecule has 0 aliphatic heterocycles. The highest BCUT2D eigenvalue weighted by Crippen LogP contribution is 2.35. The Bertz CT molecular complexity index is 928. The molecule has 3 rings (SSSR count). The standard InChI is InChI=1S/C16H9ClF2O3/c1-8(20)15(21)16(18,19)9-2-4-11-12-5-3-10(17)7-14(12)22-13(11)6-9/h2-7H,1H3. The second-order valence-corrected chi connectivity index (χ2v) is 5.35. The monoisotopic (exact) mass is 322 g/mol. The third-order valence-corrected chi connectivity index (χ3v) is 3.64. The first-order valence-corrected chi connectivity index (χ1v) is 6.74. The number of halogens is 3. The summed E-state index contributed by atoms with van der Waals surface area (Å²) in [5.74, 6) is -6.82. The fraction of sp³-hybridized carbons (Fsp3) is 0.125. The average molecular weight is 323 g/mol. The van der Waals surface area contributed by atoms with E-state index < -0.39 is 23.1 Å². The van der Waals surface area contributed by atoms with Crippen molar-refractivity contribution >= 4 is 45.1 Å². The Hall–Kier alpha value is -2.27. The lowest BCUT2D eigenvalue weighted by Crippen LogP contribution is -2.31. The van der Waals surface area contributed by atoms with Crippen LogP contribution in [-0.2, 0) is 15.5 Å². The van der Waals surface area contributed by atoms with E-state index in [2.05, 4.69) is 0 Å². The van der Waals surface area contributed by atoms with Gasteiger partial charge in [-0.1, -0.05) is 17.7 Å². The molecule has 22 heavy (non-hydrogen) atoms. The summed E-state index contributed by atoms with van der Waals surface area (Å²) in [5.41, 5.74) is 0.0806. The number of carbonyl (C=O) groups excluding carboxylic acids is 2. The number of ketones is 2. The predicted octanol–water partition coefficient (Wildman–Crippen LogP) is 4.49. The van der Waals surface area contributed by atoms with Crippen LogP contribution >= 0.6 is 11.6 Å². The molecule has 112 valence electrons. The van der Waals surface area contributed by atoms with E-state index >= 15 is 0 Å². The fourth-order valence-electron chi connectivity index (χ4n) is 2.30. The normalized spacial score (nSPS) is 12.0. The molecule has 0 bridgehead atoms. The highest BCUT2D eigenvalue weighted by molar-refractivity contribution is 6.38. The lowest BCUT2D eigenvalue weighted by atomic mass is 10.0. The van der Waals surface area contributed by atoms with Gasteiger partial charge in [0.05, 0.1) is 0 Å². The van der Waals surface area contributed by atoms with Crippen LogP contribution in [0, 0.1) is 0 Å². The fourth-order valence-corrected chi connectivity index (χ4v) is 2.46. The maximum absolute atomic E-state index is 14.0. The molecule has 0 amide bonds. The number of carbonyl (C=O) groups is 2. The number of alkyl halides is 2. The number of Topliss-reactive ketones (excluding diaryl/α,β-unsaturated/α-hetero) is 2. The molecule has 3 nitrogen and oxygen atoms in total. The first-order chi connectivity index (χ1) is 10.3. The maximum Gasteiger partial charge on any atom is 0.338 e. The molecule has 6 heteroatoms. The van der Waals surface area contributed by atoms with Crippen LogP contribution in [0.3, 0.4) is 0 Å². The second-order valence-electron chi connectivity index (χ2n) is 4.91. The summed E-state index contributed by atoms with van der Waals surface area (Å²) >= 11 is 5.86. The highest BCUT2D eigenvalue weighted by Gasteiger charge is 2.43. The molecule has 0 atom stereocenters. The molecule has 0 radical (unpaired) electrons. The smallest absolute Gasteiger partial charge is 0.338 e. The summed E-state index contributed by atoms with van der Waals surface area (Å²) in [5, 5.41) is 1.82. The van der Waals surface area contributed by atoms with Crippen LogP contribution < -0.4 is 0 Å². The Morgan fingerprint density at radius 2 is 1.64 bits per heavy atom. The number of hydrogen-bond donors (Lipinski definition) is 0. The summed E-state index contributed by atoms with van der Waals surface area (Å²) < 4.78 is 33.5. The van der Waals surface area contributed by atoms with E-state index in [-0.39, 0.29) is 5.58 Å². The number of hydrogen-bond acceptors (Lipinski definition) is 3. The van der Waals surface area contributed by atoms with Crippen molar-refractivity contribution in [3.63, 3.8) is 0 Å². The zero-order valence-corrected chi connectivity index (χ0v) is 12.1. The van der Waals surface area contributed by atoms with Gasteiger partial charge in [0, 0.05) is 34.3 Å². The first kappa shape index (κ1) is 14.7. The van der Waals surface area contributed by atoms with Gasteiger partial charge in [-0.3, -0.25) is 9.59 Å². The summed E-state index contributed by atoms with van der Waals surface area (Å²) in [6.07, 6.45) is 0. The Morgan fingerprint density at radius 3 is 2.27 bits per heavy atom. The Labute approximate surface area is 128 Å². The van der Waals surface area contributed by atoms with E-state index in [0.29, 0.717) is 16.0 Å². The third kappa shape index (κ3) is 2.18. The molecule has 0 N–H and O–H groups in total. The molecule has 3 aromatic rings. The quantitative estimate of drug-likeness (QED) is 0.667. The topological polar surface area (TPSA) is 47.3 Å². The van der Waals surface area contributed by atoms with E-state index in [4.69, 9.17) is 16.0 Å².